The molecule has 0 bridgehead atoms. The number of ether oxygens (including phenoxy) is 1. The summed E-state index contributed by atoms with van der Waals surface area (Å²) in [4.78, 5) is 24.4. The van der Waals surface area contributed by atoms with Gasteiger partial charge in [0, 0.05) is 36.3 Å². The minimum atomic E-state index is -0.433. The quantitative estimate of drug-likeness (QED) is 0.871. The zero-order chi connectivity index (χ0) is 16.7. The maximum Gasteiger partial charge on any atom is 0.304 e. The Kier molecular flexibility index (Phi) is 4.00. The Balaban J connectivity index is 2.46. The number of esters is 1. The van der Waals surface area contributed by atoms with E-state index in [0.717, 1.165) is 22.6 Å². The first-order valence-electron chi connectivity index (χ1n) is 7.22. The number of hydrogen-bond donors (Lipinski definition) is 1. The van der Waals surface area contributed by atoms with Crippen molar-refractivity contribution in [2.45, 2.75) is 46.3 Å². The van der Waals surface area contributed by atoms with Crippen LogP contribution in [0, 0.1) is 0 Å². The number of benzene rings is 1. The molecule has 1 amide bonds. The molecule has 0 saturated carbocycles. The van der Waals surface area contributed by atoms with E-state index in [4.69, 9.17) is 4.74 Å². The molecule has 1 heterocycles. The van der Waals surface area contributed by atoms with E-state index in [1.54, 1.807) is 0 Å². The molecule has 22 heavy (non-hydrogen) atoms. The molecule has 1 unspecified atom stereocenters. The van der Waals surface area contributed by atoms with Gasteiger partial charge in [-0.25, -0.2) is 0 Å². The Morgan fingerprint density at radius 2 is 1.95 bits per heavy atom. The number of anilines is 2. The van der Waals surface area contributed by atoms with E-state index >= 15 is 0 Å². The first-order chi connectivity index (χ1) is 10.1. The molecule has 0 spiro atoms. The Morgan fingerprint density at radius 1 is 1.32 bits per heavy atom. The largest absolute Gasteiger partial charge is 0.442 e. The molecule has 1 atom stereocenters. The van der Waals surface area contributed by atoms with Crippen LogP contribution >= 0.6 is 0 Å². The molecule has 0 aliphatic carbocycles. The number of fused-ring (bicyclic) bond motifs is 1. The third kappa shape index (κ3) is 2.71. The van der Waals surface area contributed by atoms with E-state index in [1.807, 2.05) is 30.0 Å². The van der Waals surface area contributed by atoms with Crippen molar-refractivity contribution in [3.05, 3.63) is 36.0 Å². The van der Waals surface area contributed by atoms with E-state index < -0.39 is 6.23 Å². The number of carbonyl (C=O) groups excluding carboxylic acids is 2. The second kappa shape index (κ2) is 5.48. The Bertz CT molecular complexity index is 649. The highest BCUT2D eigenvalue weighted by Gasteiger charge is 2.41. The molecule has 2 rings (SSSR count). The number of rotatable bonds is 3. The molecular formula is C17H22N2O3. The van der Waals surface area contributed by atoms with Crippen LogP contribution in [0.3, 0.4) is 0 Å². The van der Waals surface area contributed by atoms with Crippen molar-refractivity contribution in [2.75, 3.05) is 10.2 Å². The van der Waals surface area contributed by atoms with Crippen molar-refractivity contribution in [3.8, 4) is 0 Å². The summed E-state index contributed by atoms with van der Waals surface area (Å²) < 4.78 is 5.31. The topological polar surface area (TPSA) is 58.6 Å². The Labute approximate surface area is 130 Å². The smallest absolute Gasteiger partial charge is 0.304 e. The van der Waals surface area contributed by atoms with Gasteiger partial charge in [0.2, 0.25) is 5.91 Å². The molecule has 5 heteroatoms. The molecule has 0 aromatic heterocycles. The maximum absolute atomic E-state index is 11.2. The van der Waals surface area contributed by atoms with Gasteiger partial charge in [-0.2, -0.15) is 0 Å². The fourth-order valence-electron chi connectivity index (χ4n) is 2.84. The minimum absolute atomic E-state index is 0.111. The van der Waals surface area contributed by atoms with Gasteiger partial charge >= 0.3 is 5.97 Å². The Morgan fingerprint density at radius 3 is 2.50 bits per heavy atom. The number of nitrogens with zero attached hydrogens (tertiary/aromatic N) is 1. The fourth-order valence-corrected chi connectivity index (χ4v) is 2.84. The lowest BCUT2D eigenvalue weighted by Crippen LogP contribution is -2.35. The number of carbonyl (C=O) groups is 2. The summed E-state index contributed by atoms with van der Waals surface area (Å²) in [6.07, 6.45) is -0.433. The summed E-state index contributed by atoms with van der Waals surface area (Å²) in [5.74, 6) is -0.443. The van der Waals surface area contributed by atoms with Crippen LogP contribution in [-0.2, 0) is 19.7 Å². The van der Waals surface area contributed by atoms with Crippen LogP contribution in [0.2, 0.25) is 0 Å². The number of amides is 1. The zero-order valence-corrected chi connectivity index (χ0v) is 13.7. The van der Waals surface area contributed by atoms with Crippen LogP contribution < -0.4 is 10.2 Å². The van der Waals surface area contributed by atoms with Gasteiger partial charge in [-0.1, -0.05) is 20.4 Å². The first kappa shape index (κ1) is 16.1. The number of nitrogens with one attached hydrogen (secondary N) is 1. The summed E-state index contributed by atoms with van der Waals surface area (Å²) in [7, 11) is 0. The zero-order valence-electron chi connectivity index (χ0n) is 13.7. The summed E-state index contributed by atoms with van der Waals surface area (Å²) >= 11 is 0. The normalized spacial score (nSPS) is 17.0. The SMILES string of the molecule is C=C1N(C(C)OC(C)=O)c2ccc(NC(C)=O)cc2C1(C)C. The van der Waals surface area contributed by atoms with Gasteiger partial charge in [0.05, 0.1) is 0 Å². The molecule has 1 aliphatic rings. The summed E-state index contributed by atoms with van der Waals surface area (Å²) in [5.41, 5.74) is 3.28. The third-order valence-corrected chi connectivity index (χ3v) is 3.96. The highest BCUT2D eigenvalue weighted by atomic mass is 16.6. The van der Waals surface area contributed by atoms with Crippen LogP contribution in [0.1, 0.15) is 40.2 Å². The molecule has 118 valence electrons. The lowest BCUT2D eigenvalue weighted by atomic mass is 9.84. The summed E-state index contributed by atoms with van der Waals surface area (Å²) in [5, 5.41) is 2.79. The second-order valence-corrected chi connectivity index (χ2v) is 6.06. The van der Waals surface area contributed by atoms with Crippen molar-refractivity contribution in [2.24, 2.45) is 0 Å². The van der Waals surface area contributed by atoms with E-state index in [0.29, 0.717) is 0 Å². The van der Waals surface area contributed by atoms with Gasteiger partial charge in [-0.3, -0.25) is 9.59 Å². The predicted octanol–water partition coefficient (Wildman–Crippen LogP) is 3.17. The van der Waals surface area contributed by atoms with E-state index in [9.17, 15) is 9.59 Å². The molecule has 0 saturated heterocycles. The summed E-state index contributed by atoms with van der Waals surface area (Å²) in [6.45, 7) is 13.0. The predicted molar refractivity (Wildman–Crippen MR) is 86.6 cm³/mol. The van der Waals surface area contributed by atoms with Gasteiger partial charge in [0.15, 0.2) is 6.23 Å². The molecule has 1 aromatic carbocycles. The summed E-state index contributed by atoms with van der Waals surface area (Å²) in [6, 6.07) is 5.70. The van der Waals surface area contributed by atoms with Crippen molar-refractivity contribution in [3.63, 3.8) is 0 Å². The van der Waals surface area contributed by atoms with Gasteiger partial charge < -0.3 is 15.0 Å². The van der Waals surface area contributed by atoms with Gasteiger partial charge in [-0.05, 0) is 30.7 Å². The van der Waals surface area contributed by atoms with Crippen molar-refractivity contribution in [1.29, 1.82) is 0 Å². The molecule has 1 N–H and O–H groups in total. The fraction of sp³-hybridized carbons (Fsp3) is 0.412. The highest BCUT2D eigenvalue weighted by molar-refractivity contribution is 5.89. The highest BCUT2D eigenvalue weighted by Crippen LogP contribution is 2.48. The maximum atomic E-state index is 11.2. The first-order valence-corrected chi connectivity index (χ1v) is 7.22. The van der Waals surface area contributed by atoms with E-state index in [-0.39, 0.29) is 17.3 Å². The van der Waals surface area contributed by atoms with E-state index in [2.05, 4.69) is 25.7 Å². The molecule has 1 aliphatic heterocycles. The molecule has 0 radical (unpaired) electrons. The third-order valence-electron chi connectivity index (χ3n) is 3.96. The molecular weight excluding hydrogens is 280 g/mol. The van der Waals surface area contributed by atoms with Gasteiger partial charge in [-0.15, -0.1) is 0 Å². The second-order valence-electron chi connectivity index (χ2n) is 6.06. The molecule has 1 aromatic rings. The lowest BCUT2D eigenvalue weighted by Gasteiger charge is -2.30. The van der Waals surface area contributed by atoms with Crippen LogP contribution in [0.5, 0.6) is 0 Å². The van der Waals surface area contributed by atoms with Gasteiger partial charge in [0.1, 0.15) is 0 Å². The van der Waals surface area contributed by atoms with Crippen molar-refractivity contribution < 1.29 is 14.3 Å². The van der Waals surface area contributed by atoms with Crippen LogP contribution in [-0.4, -0.2) is 18.1 Å². The van der Waals surface area contributed by atoms with Crippen molar-refractivity contribution in [1.82, 2.24) is 0 Å². The van der Waals surface area contributed by atoms with Gasteiger partial charge in [0.25, 0.3) is 0 Å². The average Bonchev–Trinajstić information content (AvgIpc) is 2.57. The average molecular weight is 302 g/mol. The molecule has 5 nitrogen and oxygen atoms in total. The van der Waals surface area contributed by atoms with Crippen LogP contribution in [0.25, 0.3) is 0 Å². The Hall–Kier alpha value is -2.30. The standard InChI is InChI=1S/C17H22N2O3/c1-10-17(5,6)15-9-14(18-11(2)20)7-8-16(15)19(10)12(3)22-13(4)21/h7-9,12H,1H2,2-6H3,(H,18,20). The minimum Gasteiger partial charge on any atom is -0.442 e. The monoisotopic (exact) mass is 302 g/mol. The van der Waals surface area contributed by atoms with Crippen LogP contribution in [0.4, 0.5) is 11.4 Å². The lowest BCUT2D eigenvalue weighted by molar-refractivity contribution is -0.145. The van der Waals surface area contributed by atoms with Crippen molar-refractivity contribution >= 4 is 23.3 Å². The number of allylic oxidation sites excluding steroid dienone is 1. The number of hydrogen-bond acceptors (Lipinski definition) is 4. The van der Waals surface area contributed by atoms with Crippen LogP contribution in [0.15, 0.2) is 30.5 Å². The molecule has 0 fully saturated rings. The van der Waals surface area contributed by atoms with E-state index in [1.165, 1.54) is 13.8 Å².